The third-order valence-corrected chi connectivity index (χ3v) is 4.45. The molecule has 0 aromatic carbocycles. The van der Waals surface area contributed by atoms with E-state index in [-0.39, 0.29) is 24.0 Å². The molecule has 0 aliphatic carbocycles. The van der Waals surface area contributed by atoms with Crippen molar-refractivity contribution in [3.63, 3.8) is 0 Å². The number of amides is 2. The summed E-state index contributed by atoms with van der Waals surface area (Å²) in [5, 5.41) is 9.85. The number of nitrogens with one attached hydrogen (secondary N) is 2. The van der Waals surface area contributed by atoms with Crippen molar-refractivity contribution in [2.45, 2.75) is 66.0 Å². The van der Waals surface area contributed by atoms with E-state index in [2.05, 4.69) is 15.5 Å². The minimum atomic E-state index is -0.546. The second-order valence-electron chi connectivity index (χ2n) is 7.47. The normalized spacial score (nSPS) is 21.5. The predicted octanol–water partition coefficient (Wildman–Crippen LogP) is 3.00. The fraction of sp³-hybridized carbons (Fsp3) is 0.706. The zero-order valence-electron chi connectivity index (χ0n) is 15.4. The zero-order chi connectivity index (χ0) is 18.1. The highest BCUT2D eigenvalue weighted by molar-refractivity contribution is 5.93. The summed E-state index contributed by atoms with van der Waals surface area (Å²) >= 11 is 0. The molecule has 134 valence electrons. The average molecular weight is 336 g/mol. The van der Waals surface area contributed by atoms with Gasteiger partial charge in [-0.05, 0) is 54.4 Å². The average Bonchev–Trinajstić information content (AvgIpc) is 2.77. The smallest absolute Gasteiger partial charge is 0.410 e. The van der Waals surface area contributed by atoms with Gasteiger partial charge in [0.2, 0.25) is 5.91 Å². The van der Waals surface area contributed by atoms with Crippen LogP contribution in [0.3, 0.4) is 0 Å². The van der Waals surface area contributed by atoms with Crippen molar-refractivity contribution in [2.24, 2.45) is 5.92 Å². The summed E-state index contributed by atoms with van der Waals surface area (Å²) in [4.78, 5) is 26.7. The van der Waals surface area contributed by atoms with Crippen molar-refractivity contribution >= 4 is 17.8 Å². The maximum absolute atomic E-state index is 12.6. The van der Waals surface area contributed by atoms with Gasteiger partial charge in [-0.25, -0.2) is 4.79 Å². The van der Waals surface area contributed by atoms with Crippen LogP contribution in [-0.2, 0) is 9.53 Å². The van der Waals surface area contributed by atoms with E-state index in [9.17, 15) is 9.59 Å². The highest BCUT2D eigenvalue weighted by Crippen LogP contribution is 2.27. The van der Waals surface area contributed by atoms with E-state index in [0.717, 1.165) is 24.1 Å². The zero-order valence-corrected chi connectivity index (χ0v) is 15.4. The Kier molecular flexibility index (Phi) is 5.20. The number of hydrogen-bond acceptors (Lipinski definition) is 4. The Morgan fingerprint density at radius 3 is 2.54 bits per heavy atom. The largest absolute Gasteiger partial charge is 0.444 e. The van der Waals surface area contributed by atoms with E-state index >= 15 is 0 Å². The highest BCUT2D eigenvalue weighted by atomic mass is 16.6. The third kappa shape index (κ3) is 4.07. The minimum Gasteiger partial charge on any atom is -0.444 e. The van der Waals surface area contributed by atoms with Crippen molar-refractivity contribution in [2.75, 3.05) is 11.9 Å². The molecular formula is C17H28N4O3. The number of nitrogens with zero attached hydrogens (tertiary/aromatic N) is 2. The van der Waals surface area contributed by atoms with Gasteiger partial charge < -0.3 is 15.0 Å². The summed E-state index contributed by atoms with van der Waals surface area (Å²) in [7, 11) is 0. The van der Waals surface area contributed by atoms with Crippen molar-refractivity contribution in [1.82, 2.24) is 15.1 Å². The number of hydrogen-bond donors (Lipinski definition) is 2. The highest BCUT2D eigenvalue weighted by Gasteiger charge is 2.37. The first-order chi connectivity index (χ1) is 11.1. The van der Waals surface area contributed by atoms with Gasteiger partial charge in [-0.3, -0.25) is 9.89 Å². The van der Waals surface area contributed by atoms with Crippen LogP contribution >= 0.6 is 0 Å². The number of aromatic amines is 1. The number of aryl methyl sites for hydroxylation is 1. The minimum absolute atomic E-state index is 0.106. The molecule has 0 unspecified atom stereocenters. The van der Waals surface area contributed by atoms with Crippen molar-refractivity contribution in [1.29, 1.82) is 0 Å². The topological polar surface area (TPSA) is 87.3 Å². The van der Waals surface area contributed by atoms with E-state index in [1.165, 1.54) is 0 Å². The van der Waals surface area contributed by atoms with Crippen LogP contribution in [0.15, 0.2) is 0 Å². The molecule has 1 aromatic heterocycles. The Balaban J connectivity index is 2.06. The molecule has 0 saturated carbocycles. The van der Waals surface area contributed by atoms with Crippen molar-refractivity contribution in [3.8, 4) is 0 Å². The summed E-state index contributed by atoms with van der Waals surface area (Å²) in [6.07, 6.45) is 1.16. The van der Waals surface area contributed by atoms with Gasteiger partial charge >= 0.3 is 6.09 Å². The number of H-pyrrole nitrogens is 1. The Hall–Kier alpha value is -2.05. The van der Waals surface area contributed by atoms with Gasteiger partial charge in [0.15, 0.2) is 5.82 Å². The lowest BCUT2D eigenvalue weighted by Crippen LogP contribution is -2.51. The van der Waals surface area contributed by atoms with E-state index < -0.39 is 5.60 Å². The van der Waals surface area contributed by atoms with Crippen LogP contribution in [-0.4, -0.2) is 45.3 Å². The first kappa shape index (κ1) is 18.3. The number of anilines is 1. The molecule has 7 heteroatoms. The maximum atomic E-state index is 12.6. The Morgan fingerprint density at radius 1 is 1.33 bits per heavy atom. The first-order valence-corrected chi connectivity index (χ1v) is 8.42. The fourth-order valence-electron chi connectivity index (χ4n) is 2.89. The van der Waals surface area contributed by atoms with Crippen LogP contribution in [0.4, 0.5) is 10.6 Å². The number of carbonyl (C=O) groups excluding carboxylic acids is 2. The molecule has 0 radical (unpaired) electrons. The van der Waals surface area contributed by atoms with Crippen molar-refractivity contribution in [3.05, 3.63) is 11.3 Å². The number of rotatable bonds is 2. The molecular weight excluding hydrogens is 308 g/mol. The van der Waals surface area contributed by atoms with Crippen molar-refractivity contribution < 1.29 is 14.3 Å². The third-order valence-electron chi connectivity index (χ3n) is 4.45. The lowest BCUT2D eigenvalue weighted by Gasteiger charge is -2.39. The summed E-state index contributed by atoms with van der Waals surface area (Å²) in [6, 6.07) is -0.214. The predicted molar refractivity (Wildman–Crippen MR) is 91.8 cm³/mol. The lowest BCUT2D eigenvalue weighted by atomic mass is 9.89. The van der Waals surface area contributed by atoms with Gasteiger partial charge in [0, 0.05) is 23.8 Å². The summed E-state index contributed by atoms with van der Waals surface area (Å²) in [5.41, 5.74) is 1.31. The molecule has 2 heterocycles. The van der Waals surface area contributed by atoms with Crippen LogP contribution < -0.4 is 5.32 Å². The summed E-state index contributed by atoms with van der Waals surface area (Å²) < 4.78 is 5.45. The van der Waals surface area contributed by atoms with Gasteiger partial charge in [-0.1, -0.05) is 0 Å². The number of ether oxygens (including phenoxy) is 1. The van der Waals surface area contributed by atoms with E-state index in [1.54, 1.807) is 4.90 Å². The molecule has 0 spiro atoms. The molecule has 1 aliphatic rings. The molecule has 0 bridgehead atoms. The second kappa shape index (κ2) is 6.83. The quantitative estimate of drug-likeness (QED) is 0.869. The molecule has 24 heavy (non-hydrogen) atoms. The van der Waals surface area contributed by atoms with Crippen LogP contribution in [0.1, 0.15) is 51.8 Å². The molecule has 7 nitrogen and oxygen atoms in total. The molecule has 1 aliphatic heterocycles. The van der Waals surface area contributed by atoms with E-state index in [0.29, 0.717) is 12.4 Å². The van der Waals surface area contributed by atoms with E-state index in [4.69, 9.17) is 4.74 Å². The number of aromatic nitrogens is 2. The number of carbonyl (C=O) groups is 2. The molecule has 1 saturated heterocycles. The van der Waals surface area contributed by atoms with Crippen LogP contribution in [0.2, 0.25) is 0 Å². The van der Waals surface area contributed by atoms with Gasteiger partial charge in [-0.15, -0.1) is 0 Å². The molecule has 2 atom stereocenters. The van der Waals surface area contributed by atoms with Crippen LogP contribution in [0.25, 0.3) is 0 Å². The Morgan fingerprint density at radius 2 is 2.00 bits per heavy atom. The molecule has 1 aromatic rings. The molecule has 2 N–H and O–H groups in total. The van der Waals surface area contributed by atoms with Gasteiger partial charge in [0.1, 0.15) is 5.60 Å². The lowest BCUT2D eigenvalue weighted by molar-refractivity contribution is -0.123. The summed E-state index contributed by atoms with van der Waals surface area (Å²) in [6.45, 7) is 11.8. The van der Waals surface area contributed by atoms with E-state index in [1.807, 2.05) is 41.5 Å². The second-order valence-corrected chi connectivity index (χ2v) is 7.47. The molecule has 1 fully saturated rings. The standard InChI is InChI=1S/C17H28N4O3/c1-10-11(2)19-20-14(10)18-15(22)13-8-7-9-21(12(13)3)16(23)24-17(4,5)6/h12-13H,7-9H2,1-6H3,(H2,18,19,20,22)/t12-,13-/m1/s1. The maximum Gasteiger partial charge on any atom is 0.410 e. The molecule has 2 rings (SSSR count). The summed E-state index contributed by atoms with van der Waals surface area (Å²) in [5.74, 6) is 0.173. The Labute approximate surface area is 143 Å². The SMILES string of the molecule is Cc1[nH]nc(NC(=O)[C@@H]2CCCN(C(=O)OC(C)(C)C)[C@@H]2C)c1C. The number of likely N-dealkylation sites (tertiary alicyclic amines) is 1. The van der Waals surface area contributed by atoms with Gasteiger partial charge in [0.25, 0.3) is 0 Å². The monoisotopic (exact) mass is 336 g/mol. The van der Waals surface area contributed by atoms with Crippen LogP contribution in [0.5, 0.6) is 0 Å². The first-order valence-electron chi connectivity index (χ1n) is 8.42. The number of piperidine rings is 1. The fourth-order valence-corrected chi connectivity index (χ4v) is 2.89. The van der Waals surface area contributed by atoms with Crippen LogP contribution in [0, 0.1) is 19.8 Å². The Bertz CT molecular complexity index is 618. The van der Waals surface area contributed by atoms with Gasteiger partial charge in [0.05, 0.1) is 5.92 Å². The molecule has 2 amide bonds. The van der Waals surface area contributed by atoms with Gasteiger partial charge in [-0.2, -0.15) is 5.10 Å².